The number of Topliss-reactive ketones (excluding diaryl/α,β-unsaturated/α-hetero) is 1. The van der Waals surface area contributed by atoms with Crippen molar-refractivity contribution < 1.29 is 19.2 Å². The monoisotopic (exact) mass is 488 g/mol. The summed E-state index contributed by atoms with van der Waals surface area (Å²) in [5.74, 6) is -0.946. The van der Waals surface area contributed by atoms with Crippen molar-refractivity contribution in [2.24, 2.45) is 17.6 Å². The zero-order chi connectivity index (χ0) is 21.9. The molecule has 0 aromatic carbocycles. The first kappa shape index (κ1) is 26.6. The summed E-state index contributed by atoms with van der Waals surface area (Å²) in [6, 6.07) is -2.39. The van der Waals surface area contributed by atoms with Gasteiger partial charge in [0, 0.05) is 13.1 Å². The van der Waals surface area contributed by atoms with Gasteiger partial charge in [0.25, 0.3) is 0 Å². The number of hydrogen-bond acceptors (Lipinski definition) is 5. The van der Waals surface area contributed by atoms with Gasteiger partial charge in [0.05, 0.1) is 12.1 Å². The molecule has 2 saturated heterocycles. The molecule has 8 nitrogen and oxygen atoms in total. The summed E-state index contributed by atoms with van der Waals surface area (Å²) in [4.78, 5) is 53.9. The standard InChI is InChI=1S/C21H36N4O4.BrH/c1-12(2)17(22)20(28)25-11-7-9-16(25)19(27)23-18(13(3)4)21(29)24-10-6-8-15(24)14(5)26;/h12-13,15-18H,6-11,22H2,1-5H3,(H,23,27);1H/t15-,16-,17-,18-;/m0./s1. The molecule has 2 aliphatic heterocycles. The molecule has 0 aromatic heterocycles. The Kier molecular flexibility index (Phi) is 9.94. The fourth-order valence-electron chi connectivity index (χ4n) is 4.17. The first-order chi connectivity index (χ1) is 13.6. The lowest BCUT2D eigenvalue weighted by atomic mass is 10.0. The number of nitrogens with zero attached hydrogens (tertiary/aromatic N) is 2. The van der Waals surface area contributed by atoms with Gasteiger partial charge in [-0.05, 0) is 44.4 Å². The maximum absolute atomic E-state index is 13.1. The van der Waals surface area contributed by atoms with Gasteiger partial charge in [0.2, 0.25) is 17.7 Å². The Morgan fingerprint density at radius 1 is 0.867 bits per heavy atom. The highest BCUT2D eigenvalue weighted by Crippen LogP contribution is 2.23. The van der Waals surface area contributed by atoms with E-state index in [9.17, 15) is 19.2 Å². The van der Waals surface area contributed by atoms with E-state index >= 15 is 0 Å². The number of ketones is 1. The average molecular weight is 489 g/mol. The Morgan fingerprint density at radius 3 is 1.83 bits per heavy atom. The highest BCUT2D eigenvalue weighted by molar-refractivity contribution is 8.93. The van der Waals surface area contributed by atoms with Crippen molar-refractivity contribution in [2.75, 3.05) is 13.1 Å². The maximum atomic E-state index is 13.1. The summed E-state index contributed by atoms with van der Waals surface area (Å²) in [7, 11) is 0. The van der Waals surface area contributed by atoms with Crippen LogP contribution in [0.4, 0.5) is 0 Å². The number of carbonyl (C=O) groups is 4. The fraction of sp³-hybridized carbons (Fsp3) is 0.810. The van der Waals surface area contributed by atoms with Crippen LogP contribution in [0.3, 0.4) is 0 Å². The van der Waals surface area contributed by atoms with Crippen LogP contribution in [-0.4, -0.2) is 70.6 Å². The van der Waals surface area contributed by atoms with Crippen LogP contribution in [0, 0.1) is 11.8 Å². The predicted octanol–water partition coefficient (Wildman–Crippen LogP) is 1.26. The van der Waals surface area contributed by atoms with E-state index in [1.165, 1.54) is 6.92 Å². The van der Waals surface area contributed by atoms with Crippen molar-refractivity contribution >= 4 is 40.5 Å². The molecule has 2 heterocycles. The summed E-state index contributed by atoms with van der Waals surface area (Å²) < 4.78 is 0. The molecule has 3 amide bonds. The molecular formula is C21H37BrN4O4. The Hall–Kier alpha value is -1.48. The van der Waals surface area contributed by atoms with E-state index < -0.39 is 24.2 Å². The largest absolute Gasteiger partial charge is 0.342 e. The van der Waals surface area contributed by atoms with Crippen molar-refractivity contribution in [2.45, 2.75) is 84.5 Å². The van der Waals surface area contributed by atoms with Crippen molar-refractivity contribution in [3.05, 3.63) is 0 Å². The van der Waals surface area contributed by atoms with Crippen LogP contribution in [0.5, 0.6) is 0 Å². The molecule has 0 aromatic rings. The number of nitrogens with one attached hydrogen (secondary N) is 1. The van der Waals surface area contributed by atoms with Crippen LogP contribution in [0.1, 0.15) is 60.3 Å². The van der Waals surface area contributed by atoms with E-state index in [1.807, 2.05) is 27.7 Å². The van der Waals surface area contributed by atoms with Gasteiger partial charge in [-0.1, -0.05) is 27.7 Å². The Balaban J connectivity index is 0.00000450. The van der Waals surface area contributed by atoms with Gasteiger partial charge in [-0.2, -0.15) is 0 Å². The highest BCUT2D eigenvalue weighted by Gasteiger charge is 2.41. The minimum absolute atomic E-state index is 0. The Bertz CT molecular complexity index is 655. The zero-order valence-electron chi connectivity index (χ0n) is 18.7. The van der Waals surface area contributed by atoms with E-state index in [0.29, 0.717) is 25.9 Å². The summed E-state index contributed by atoms with van der Waals surface area (Å²) in [5.41, 5.74) is 6.01. The summed E-state index contributed by atoms with van der Waals surface area (Å²) >= 11 is 0. The number of nitrogens with two attached hydrogens (primary N) is 1. The second kappa shape index (κ2) is 11.2. The Labute approximate surface area is 190 Å². The second-order valence-electron chi connectivity index (χ2n) is 8.99. The lowest BCUT2D eigenvalue weighted by Crippen LogP contribution is -2.58. The average Bonchev–Trinajstić information content (AvgIpc) is 3.32. The third kappa shape index (κ3) is 5.81. The molecule has 0 radical (unpaired) electrons. The lowest BCUT2D eigenvalue weighted by Gasteiger charge is -2.32. The van der Waals surface area contributed by atoms with Crippen LogP contribution < -0.4 is 11.1 Å². The first-order valence-corrected chi connectivity index (χ1v) is 10.7. The molecule has 9 heteroatoms. The quantitative estimate of drug-likeness (QED) is 0.559. The van der Waals surface area contributed by atoms with Crippen molar-refractivity contribution in [3.63, 3.8) is 0 Å². The minimum atomic E-state index is -0.723. The van der Waals surface area contributed by atoms with E-state index in [-0.39, 0.29) is 52.3 Å². The molecule has 0 unspecified atom stereocenters. The normalized spacial score (nSPS) is 23.3. The first-order valence-electron chi connectivity index (χ1n) is 10.7. The maximum Gasteiger partial charge on any atom is 0.246 e. The molecule has 2 rings (SSSR count). The van der Waals surface area contributed by atoms with Gasteiger partial charge in [-0.25, -0.2) is 0 Å². The number of likely N-dealkylation sites (tertiary alicyclic amines) is 2. The van der Waals surface area contributed by atoms with Gasteiger partial charge >= 0.3 is 0 Å². The van der Waals surface area contributed by atoms with E-state index in [0.717, 1.165) is 12.8 Å². The second-order valence-corrected chi connectivity index (χ2v) is 8.99. The summed E-state index contributed by atoms with van der Waals surface area (Å²) in [6.45, 7) is 10.0. The van der Waals surface area contributed by atoms with Gasteiger partial charge < -0.3 is 20.9 Å². The SMILES string of the molecule is Br.CC(=O)[C@@H]1CCCN1C(=O)[C@@H](NC(=O)[C@@H]1CCCN1C(=O)[C@@H](N)C(C)C)C(C)C. The van der Waals surface area contributed by atoms with Crippen LogP contribution in [0.15, 0.2) is 0 Å². The number of amides is 3. The number of halogens is 1. The third-order valence-corrected chi connectivity index (χ3v) is 6.08. The van der Waals surface area contributed by atoms with Gasteiger partial charge in [0.15, 0.2) is 5.78 Å². The van der Waals surface area contributed by atoms with Gasteiger partial charge in [0.1, 0.15) is 12.1 Å². The van der Waals surface area contributed by atoms with Crippen LogP contribution in [0.2, 0.25) is 0 Å². The molecule has 0 spiro atoms. The van der Waals surface area contributed by atoms with Crippen LogP contribution in [-0.2, 0) is 19.2 Å². The minimum Gasteiger partial charge on any atom is -0.342 e. The molecule has 0 aliphatic carbocycles. The lowest BCUT2D eigenvalue weighted by molar-refractivity contribution is -0.144. The summed E-state index contributed by atoms with van der Waals surface area (Å²) in [6.07, 6.45) is 2.74. The number of carbonyl (C=O) groups excluding carboxylic acids is 4. The molecule has 3 N–H and O–H groups in total. The molecular weight excluding hydrogens is 452 g/mol. The molecule has 2 fully saturated rings. The predicted molar refractivity (Wildman–Crippen MR) is 120 cm³/mol. The molecule has 172 valence electrons. The van der Waals surface area contributed by atoms with Gasteiger partial charge in [-0.15, -0.1) is 17.0 Å². The molecule has 30 heavy (non-hydrogen) atoms. The Morgan fingerprint density at radius 2 is 1.37 bits per heavy atom. The molecule has 2 aliphatic rings. The smallest absolute Gasteiger partial charge is 0.246 e. The highest BCUT2D eigenvalue weighted by atomic mass is 79.9. The number of hydrogen-bond donors (Lipinski definition) is 2. The van der Waals surface area contributed by atoms with E-state index in [4.69, 9.17) is 5.73 Å². The van der Waals surface area contributed by atoms with E-state index in [1.54, 1.807) is 9.80 Å². The number of rotatable bonds is 7. The van der Waals surface area contributed by atoms with Crippen LogP contribution in [0.25, 0.3) is 0 Å². The molecule has 0 bridgehead atoms. The van der Waals surface area contributed by atoms with Crippen molar-refractivity contribution in [3.8, 4) is 0 Å². The van der Waals surface area contributed by atoms with Crippen molar-refractivity contribution in [1.29, 1.82) is 0 Å². The topological polar surface area (TPSA) is 113 Å². The van der Waals surface area contributed by atoms with Crippen LogP contribution >= 0.6 is 17.0 Å². The van der Waals surface area contributed by atoms with Gasteiger partial charge in [-0.3, -0.25) is 19.2 Å². The molecule has 0 saturated carbocycles. The summed E-state index contributed by atoms with van der Waals surface area (Å²) in [5, 5.41) is 2.87. The zero-order valence-corrected chi connectivity index (χ0v) is 20.4. The third-order valence-electron chi connectivity index (χ3n) is 6.08. The van der Waals surface area contributed by atoms with E-state index in [2.05, 4.69) is 5.32 Å². The van der Waals surface area contributed by atoms with Crippen molar-refractivity contribution in [1.82, 2.24) is 15.1 Å². The fourth-order valence-corrected chi connectivity index (χ4v) is 4.17. The molecule has 4 atom stereocenters.